The third-order valence-electron chi connectivity index (χ3n) is 8.71. The van der Waals surface area contributed by atoms with Crippen LogP contribution in [-0.4, -0.2) is 50.2 Å². The monoisotopic (exact) mass is 599 g/mol. The Hall–Kier alpha value is -2.22. The molecule has 6 nitrogen and oxygen atoms in total. The number of ether oxygens (including phenoxy) is 1. The highest BCUT2D eigenvalue weighted by Crippen LogP contribution is 2.40. The fraction of sp³-hybridized carbons (Fsp3) is 0.657. The lowest BCUT2D eigenvalue weighted by Gasteiger charge is -2.39. The van der Waals surface area contributed by atoms with Crippen LogP contribution < -0.4 is 5.32 Å². The van der Waals surface area contributed by atoms with E-state index in [1.807, 2.05) is 19.9 Å². The van der Waals surface area contributed by atoms with Crippen molar-refractivity contribution in [3.8, 4) is 0 Å². The van der Waals surface area contributed by atoms with Crippen molar-refractivity contribution in [2.45, 2.75) is 129 Å². The first kappa shape index (κ1) is 36.0. The number of hydrogen-bond acceptors (Lipinski definition) is 5. The van der Waals surface area contributed by atoms with Gasteiger partial charge < -0.3 is 19.6 Å². The number of hydrogen-bond donors (Lipinski definition) is 2. The van der Waals surface area contributed by atoms with Gasteiger partial charge in [0.2, 0.25) is 5.91 Å². The van der Waals surface area contributed by atoms with Crippen molar-refractivity contribution in [2.75, 3.05) is 6.54 Å². The van der Waals surface area contributed by atoms with Crippen LogP contribution in [0, 0.1) is 11.8 Å². The first-order chi connectivity index (χ1) is 19.9. The summed E-state index contributed by atoms with van der Waals surface area (Å²) < 4.78 is 12.8. The van der Waals surface area contributed by atoms with Crippen LogP contribution in [0.3, 0.4) is 0 Å². The van der Waals surface area contributed by atoms with E-state index < -0.39 is 14.4 Å². The lowest BCUT2D eigenvalue weighted by atomic mass is 9.89. The Morgan fingerprint density at radius 1 is 1.12 bits per heavy atom. The van der Waals surface area contributed by atoms with E-state index in [9.17, 15) is 14.7 Å². The summed E-state index contributed by atoms with van der Waals surface area (Å²) in [5.41, 5.74) is 1.28. The topological polar surface area (TPSA) is 84.9 Å². The number of carbonyl (C=O) groups excluding carboxylic acids is 2. The quantitative estimate of drug-likeness (QED) is 0.0837. The molecule has 0 saturated heterocycles. The van der Waals surface area contributed by atoms with Crippen LogP contribution in [0.4, 0.5) is 0 Å². The molecule has 0 bridgehead atoms. The van der Waals surface area contributed by atoms with Gasteiger partial charge in [-0.05, 0) is 75.1 Å². The van der Waals surface area contributed by atoms with E-state index in [0.717, 1.165) is 32.1 Å². The van der Waals surface area contributed by atoms with Crippen LogP contribution >= 0.6 is 0 Å². The highest BCUT2D eigenvalue weighted by atomic mass is 28.4. The number of aliphatic hydroxyl groups excluding tert-OH is 1. The second-order valence-electron chi connectivity index (χ2n) is 13.2. The summed E-state index contributed by atoms with van der Waals surface area (Å²) in [5, 5.41) is 14.0. The molecule has 1 saturated carbocycles. The molecule has 2 N–H and O–H groups in total. The molecule has 1 aliphatic carbocycles. The largest absolute Gasteiger partial charge is 0.462 e. The Bertz CT molecular complexity index is 1000. The molecular formula is C35H57NO5Si. The molecule has 1 amide bonds. The van der Waals surface area contributed by atoms with Gasteiger partial charge in [-0.2, -0.15) is 0 Å². The zero-order valence-electron chi connectivity index (χ0n) is 27.2. The van der Waals surface area contributed by atoms with Crippen molar-refractivity contribution in [3.63, 3.8) is 0 Å². The molecular weight excluding hydrogens is 542 g/mol. The van der Waals surface area contributed by atoms with Crippen LogP contribution in [0.25, 0.3) is 0 Å². The Labute approximate surface area is 256 Å². The Kier molecular flexibility index (Phi) is 15.2. The molecule has 1 aromatic carbocycles. The van der Waals surface area contributed by atoms with Crippen LogP contribution in [0.5, 0.6) is 0 Å². The van der Waals surface area contributed by atoms with E-state index in [4.69, 9.17) is 9.16 Å². The van der Waals surface area contributed by atoms with Gasteiger partial charge in [-0.15, -0.1) is 0 Å². The second-order valence-corrected chi connectivity index (χ2v) is 18.0. The lowest BCUT2D eigenvalue weighted by molar-refractivity contribution is -0.150. The summed E-state index contributed by atoms with van der Waals surface area (Å²) in [6.45, 7) is 15.9. The van der Waals surface area contributed by atoms with Gasteiger partial charge in [-0.3, -0.25) is 9.59 Å². The summed E-state index contributed by atoms with van der Waals surface area (Å²) >= 11 is 0. The molecule has 7 heteroatoms. The number of nitrogens with one attached hydrogen (secondary N) is 1. The number of benzene rings is 1. The fourth-order valence-corrected chi connectivity index (χ4v) is 6.54. The maximum atomic E-state index is 12.5. The molecule has 0 heterocycles. The average molecular weight is 600 g/mol. The standard InChI is InChI=1S/C35H57NO5Si/c1-8-17-34(39)40-32-26-31(37)29(20-15-10-11-16-21-33(38)36-9-2)30(32)25-24-28(41-42(6,7)35(3,4)5)23-22-27-18-13-12-14-19-27/h10,12-15,18-19,24-25,28-32,37H,8-9,11,16-17,20-23,26H2,1-7H3,(H,36,38)/t28-,29+,30+,31-,32+/m0/s1. The molecule has 0 spiro atoms. The maximum Gasteiger partial charge on any atom is 0.306 e. The summed E-state index contributed by atoms with van der Waals surface area (Å²) in [4.78, 5) is 24.2. The van der Waals surface area contributed by atoms with Crippen LogP contribution in [0.15, 0.2) is 54.6 Å². The predicted octanol–water partition coefficient (Wildman–Crippen LogP) is 7.53. The molecule has 0 aromatic heterocycles. The lowest BCUT2D eigenvalue weighted by Crippen LogP contribution is -2.43. The van der Waals surface area contributed by atoms with Crippen LogP contribution in [0.2, 0.25) is 18.1 Å². The molecule has 1 aromatic rings. The third kappa shape index (κ3) is 12.2. The van der Waals surface area contributed by atoms with Gasteiger partial charge in [0.15, 0.2) is 8.32 Å². The molecule has 1 aliphatic rings. The van der Waals surface area contributed by atoms with Crippen molar-refractivity contribution >= 4 is 20.2 Å². The van der Waals surface area contributed by atoms with Crippen molar-refractivity contribution in [2.24, 2.45) is 11.8 Å². The first-order valence-corrected chi connectivity index (χ1v) is 19.0. The normalized spacial score (nSPS) is 22.1. The van der Waals surface area contributed by atoms with Crippen molar-refractivity contribution in [3.05, 3.63) is 60.2 Å². The number of amides is 1. The molecule has 2 rings (SSSR count). The Morgan fingerprint density at radius 3 is 2.48 bits per heavy atom. The minimum atomic E-state index is -2.04. The number of aryl methyl sites for hydroxylation is 1. The number of rotatable bonds is 17. The van der Waals surface area contributed by atoms with E-state index in [0.29, 0.717) is 32.2 Å². The molecule has 0 aliphatic heterocycles. The number of aliphatic hydroxyl groups is 1. The summed E-state index contributed by atoms with van der Waals surface area (Å²) in [6, 6.07) is 10.5. The molecule has 0 radical (unpaired) electrons. The van der Waals surface area contributed by atoms with Gasteiger partial charge >= 0.3 is 5.97 Å². The van der Waals surface area contributed by atoms with Gasteiger partial charge in [-0.1, -0.05) is 82.3 Å². The first-order valence-electron chi connectivity index (χ1n) is 16.1. The van der Waals surface area contributed by atoms with E-state index in [1.54, 1.807) is 0 Å². The summed E-state index contributed by atoms with van der Waals surface area (Å²) in [7, 11) is -2.04. The van der Waals surface area contributed by atoms with Crippen molar-refractivity contribution < 1.29 is 23.9 Å². The molecule has 42 heavy (non-hydrogen) atoms. The minimum Gasteiger partial charge on any atom is -0.462 e. The van der Waals surface area contributed by atoms with Crippen LogP contribution in [0.1, 0.15) is 91.5 Å². The van der Waals surface area contributed by atoms with E-state index in [2.05, 4.69) is 87.8 Å². The van der Waals surface area contributed by atoms with E-state index in [1.165, 1.54) is 5.56 Å². The van der Waals surface area contributed by atoms with E-state index >= 15 is 0 Å². The molecule has 5 atom stereocenters. The zero-order valence-corrected chi connectivity index (χ0v) is 28.2. The van der Waals surface area contributed by atoms with Crippen LogP contribution in [-0.2, 0) is 25.2 Å². The Balaban J connectivity index is 2.22. The van der Waals surface area contributed by atoms with Gasteiger partial charge in [0.1, 0.15) is 6.10 Å². The number of esters is 1. The van der Waals surface area contributed by atoms with Gasteiger partial charge in [0.25, 0.3) is 0 Å². The number of carbonyl (C=O) groups is 2. The maximum absolute atomic E-state index is 12.5. The number of unbranched alkanes of at least 4 members (excludes halogenated alkanes) is 1. The second kappa shape index (κ2) is 17.8. The SMILES string of the molecule is CCCC(=O)O[C@@H]1C[C@H](O)[C@H](CC=CCCCC(=O)NCC)[C@H]1C=C[C@H](CCc1ccccc1)O[Si](C)(C)C(C)(C)C. The fourth-order valence-electron chi connectivity index (χ4n) is 5.23. The van der Waals surface area contributed by atoms with E-state index in [-0.39, 0.29) is 41.0 Å². The summed E-state index contributed by atoms with van der Waals surface area (Å²) in [5.74, 6) is -0.264. The predicted molar refractivity (Wildman–Crippen MR) is 175 cm³/mol. The third-order valence-corrected chi connectivity index (χ3v) is 13.2. The van der Waals surface area contributed by atoms with Gasteiger partial charge in [-0.25, -0.2) is 0 Å². The molecule has 0 unspecified atom stereocenters. The van der Waals surface area contributed by atoms with Crippen molar-refractivity contribution in [1.29, 1.82) is 0 Å². The van der Waals surface area contributed by atoms with Crippen molar-refractivity contribution in [1.82, 2.24) is 5.32 Å². The molecule has 236 valence electrons. The zero-order chi connectivity index (χ0) is 31.2. The van der Waals surface area contributed by atoms with Gasteiger partial charge in [0.05, 0.1) is 12.2 Å². The van der Waals surface area contributed by atoms with Gasteiger partial charge in [0, 0.05) is 31.7 Å². The summed E-state index contributed by atoms with van der Waals surface area (Å²) in [6.07, 6.45) is 13.7. The smallest absolute Gasteiger partial charge is 0.306 e. The highest BCUT2D eigenvalue weighted by molar-refractivity contribution is 6.74. The molecule has 1 fully saturated rings. The number of allylic oxidation sites excluding steroid dienone is 2. The minimum absolute atomic E-state index is 0.0528. The Morgan fingerprint density at radius 2 is 1.83 bits per heavy atom. The average Bonchev–Trinajstić information content (AvgIpc) is 3.20. The highest BCUT2D eigenvalue weighted by Gasteiger charge is 2.43.